The molecule has 0 aromatic heterocycles. The molecule has 38 valence electrons. The van der Waals surface area contributed by atoms with Crippen molar-refractivity contribution in [2.75, 3.05) is 14.1 Å². The van der Waals surface area contributed by atoms with Crippen molar-refractivity contribution >= 4 is 35.7 Å². The van der Waals surface area contributed by atoms with Crippen LogP contribution in [-0.4, -0.2) is 21.7 Å². The van der Waals surface area contributed by atoms with Crippen LogP contribution in [0.4, 0.5) is 0 Å². The molecule has 0 atom stereocenters. The number of rotatable bonds is 1. The molecule has 0 fully saturated rings. The minimum absolute atomic E-state index is 1.66. The predicted octanol–water partition coefficient (Wildman–Crippen LogP) is 0.960. The van der Waals surface area contributed by atoms with Gasteiger partial charge in [0.05, 0.1) is 22.9 Å². The third kappa shape index (κ3) is 3.20. The van der Waals surface area contributed by atoms with Gasteiger partial charge in [-0.05, 0) is 0 Å². The topological polar surface area (TPSA) is 6.48 Å². The lowest BCUT2D eigenvalue weighted by atomic mass is 11.2. The second-order valence-electron chi connectivity index (χ2n) is 1.09. The molecule has 0 bridgehead atoms. The Morgan fingerprint density at radius 2 is 1.67 bits per heavy atom. The minimum Gasteiger partial charge on any atom is -0.229 e. The Morgan fingerprint density at radius 1 is 1.50 bits per heavy atom. The number of hydrazine groups is 1. The summed E-state index contributed by atoms with van der Waals surface area (Å²) in [5.41, 5.74) is 0. The highest BCUT2D eigenvalue weighted by Crippen LogP contribution is 2.01. The van der Waals surface area contributed by atoms with E-state index in [1.54, 1.807) is 2.63 Å². The molecule has 0 heterocycles. The Balaban J connectivity index is 2.99. The summed E-state index contributed by atoms with van der Waals surface area (Å²) in [7, 11) is 3.83. The third-order valence-corrected chi connectivity index (χ3v) is 1.55. The molecule has 0 aliphatic rings. The molecule has 0 unspecified atom stereocenters. The van der Waals surface area contributed by atoms with Crippen LogP contribution >= 0.6 is 35.7 Å². The average molecular weight is 218 g/mol. The fourth-order valence-corrected chi connectivity index (χ4v) is 0. The minimum atomic E-state index is 1.66. The van der Waals surface area contributed by atoms with E-state index in [-0.39, 0.29) is 0 Å². The Hall–Kier alpha value is 1.00. The largest absolute Gasteiger partial charge is 0.229 e. The van der Waals surface area contributed by atoms with Crippen molar-refractivity contribution in [1.82, 2.24) is 7.64 Å². The second-order valence-corrected chi connectivity index (χ2v) is 3.14. The fourth-order valence-electron chi connectivity index (χ4n) is 0. The number of thiol groups is 1. The van der Waals surface area contributed by atoms with E-state index in [2.05, 4.69) is 35.7 Å². The van der Waals surface area contributed by atoms with Crippen LogP contribution in [0.2, 0.25) is 0 Å². The maximum absolute atomic E-state index is 3.94. The smallest absolute Gasteiger partial charge is 0.0501 e. The van der Waals surface area contributed by atoms with Gasteiger partial charge in [-0.1, -0.05) is 12.8 Å². The van der Waals surface area contributed by atoms with Crippen molar-refractivity contribution in [3.63, 3.8) is 0 Å². The number of hydrogen-bond donors (Lipinski definition) is 1. The summed E-state index contributed by atoms with van der Waals surface area (Å²) in [6.07, 6.45) is 0. The highest BCUT2D eigenvalue weighted by Gasteiger charge is 1.89. The van der Waals surface area contributed by atoms with Gasteiger partial charge in [0.1, 0.15) is 0 Å². The third-order valence-electron chi connectivity index (χ3n) is 0.330. The molecule has 0 saturated carbocycles. The summed E-state index contributed by atoms with van der Waals surface area (Å²) in [4.78, 5) is 0. The first kappa shape index (κ1) is 7.00. The normalized spacial score (nSPS) is 11.0. The van der Waals surface area contributed by atoms with Gasteiger partial charge >= 0.3 is 0 Å². The lowest BCUT2D eigenvalue weighted by Crippen LogP contribution is -2.18. The van der Waals surface area contributed by atoms with E-state index in [0.29, 0.717) is 0 Å². The van der Waals surface area contributed by atoms with Crippen molar-refractivity contribution in [3.05, 3.63) is 0 Å². The molecule has 0 saturated heterocycles. The highest BCUT2D eigenvalue weighted by molar-refractivity contribution is 14.1. The summed E-state index contributed by atoms with van der Waals surface area (Å²) >= 11 is 5.99. The molecule has 0 aliphatic heterocycles. The predicted molar refractivity (Wildman–Crippen MR) is 38.5 cm³/mol. The van der Waals surface area contributed by atoms with Crippen LogP contribution in [0.1, 0.15) is 0 Å². The summed E-state index contributed by atoms with van der Waals surface area (Å²) in [6, 6.07) is 0. The number of nitrogens with zero attached hydrogens (tertiary/aromatic N) is 2. The highest BCUT2D eigenvalue weighted by atomic mass is 127. The standard InChI is InChI=1S/C2H7IN2S/c1-4(2)5(3)6/h6H,1-2H3. The molecule has 0 spiro atoms. The summed E-state index contributed by atoms with van der Waals surface area (Å²) < 4.78 is 1.66. The van der Waals surface area contributed by atoms with E-state index in [4.69, 9.17) is 0 Å². The van der Waals surface area contributed by atoms with Crippen LogP contribution in [0, 0.1) is 0 Å². The van der Waals surface area contributed by atoms with Crippen molar-refractivity contribution in [1.29, 1.82) is 0 Å². The van der Waals surface area contributed by atoms with E-state index in [1.165, 1.54) is 0 Å². The summed E-state index contributed by atoms with van der Waals surface area (Å²) in [6.45, 7) is 0. The molecular weight excluding hydrogens is 211 g/mol. The Bertz CT molecular complexity index is 32.5. The van der Waals surface area contributed by atoms with Gasteiger partial charge in [0.15, 0.2) is 0 Å². The van der Waals surface area contributed by atoms with E-state index < -0.39 is 0 Å². The maximum atomic E-state index is 3.94. The zero-order valence-corrected chi connectivity index (χ0v) is 6.77. The van der Waals surface area contributed by atoms with Gasteiger partial charge in [-0.3, -0.25) is 0 Å². The molecular formula is C2H7IN2S. The average Bonchev–Trinajstić information content (AvgIpc) is 1.36. The molecule has 6 heavy (non-hydrogen) atoms. The first-order valence-electron chi connectivity index (χ1n) is 1.46. The lowest BCUT2D eigenvalue weighted by Gasteiger charge is -2.12. The van der Waals surface area contributed by atoms with E-state index >= 15 is 0 Å². The van der Waals surface area contributed by atoms with Crippen LogP contribution in [0.3, 0.4) is 0 Å². The lowest BCUT2D eigenvalue weighted by molar-refractivity contribution is 0.286. The second kappa shape index (κ2) is 3.06. The summed E-state index contributed by atoms with van der Waals surface area (Å²) in [5, 5.41) is 1.85. The zero-order valence-electron chi connectivity index (χ0n) is 3.72. The van der Waals surface area contributed by atoms with Crippen LogP contribution in [-0.2, 0) is 0 Å². The maximum Gasteiger partial charge on any atom is 0.0501 e. The quantitative estimate of drug-likeness (QED) is 0.303. The Labute approximate surface area is 57.5 Å². The van der Waals surface area contributed by atoms with E-state index in [0.717, 1.165) is 0 Å². The first-order chi connectivity index (χ1) is 2.64. The van der Waals surface area contributed by atoms with Crippen LogP contribution in [0.5, 0.6) is 0 Å². The molecule has 0 rings (SSSR count). The molecule has 0 aromatic rings. The van der Waals surface area contributed by atoms with E-state index in [1.807, 2.05) is 19.1 Å². The molecule has 0 amide bonds. The Kier molecular flexibility index (Phi) is 3.57. The number of hydrogen-bond acceptors (Lipinski definition) is 3. The number of halogens is 1. The van der Waals surface area contributed by atoms with Gasteiger partial charge < -0.3 is 0 Å². The van der Waals surface area contributed by atoms with Crippen LogP contribution < -0.4 is 0 Å². The zero-order chi connectivity index (χ0) is 5.15. The summed E-state index contributed by atoms with van der Waals surface area (Å²) in [5.74, 6) is 0. The monoisotopic (exact) mass is 218 g/mol. The van der Waals surface area contributed by atoms with Gasteiger partial charge in [0, 0.05) is 14.1 Å². The molecule has 0 aliphatic carbocycles. The van der Waals surface area contributed by atoms with Gasteiger partial charge in [0.25, 0.3) is 0 Å². The van der Waals surface area contributed by atoms with Crippen molar-refractivity contribution in [2.45, 2.75) is 0 Å². The molecule has 0 N–H and O–H groups in total. The van der Waals surface area contributed by atoms with Gasteiger partial charge in [-0.15, -0.1) is 2.63 Å². The van der Waals surface area contributed by atoms with Gasteiger partial charge in [-0.25, -0.2) is 5.01 Å². The van der Waals surface area contributed by atoms with Crippen molar-refractivity contribution in [3.8, 4) is 0 Å². The molecule has 0 radical (unpaired) electrons. The molecule has 2 nitrogen and oxygen atoms in total. The van der Waals surface area contributed by atoms with Gasteiger partial charge in [-0.2, -0.15) is 0 Å². The fraction of sp³-hybridized carbons (Fsp3) is 1.00. The van der Waals surface area contributed by atoms with Crippen molar-refractivity contribution < 1.29 is 0 Å². The van der Waals surface area contributed by atoms with Crippen LogP contribution in [0.25, 0.3) is 0 Å². The molecule has 0 aromatic carbocycles. The van der Waals surface area contributed by atoms with Gasteiger partial charge in [0.2, 0.25) is 0 Å². The first-order valence-corrected chi connectivity index (χ1v) is 2.83. The van der Waals surface area contributed by atoms with E-state index in [9.17, 15) is 0 Å². The van der Waals surface area contributed by atoms with Crippen LogP contribution in [0.15, 0.2) is 0 Å². The Morgan fingerprint density at radius 3 is 1.67 bits per heavy atom. The molecule has 4 heteroatoms. The van der Waals surface area contributed by atoms with Crippen molar-refractivity contribution in [2.24, 2.45) is 0 Å². The SMILES string of the molecule is CN(C)N(S)I.